The van der Waals surface area contributed by atoms with Gasteiger partial charge in [-0.05, 0) is 42.0 Å². The number of halogens is 1. The SMILES string of the molecule is COc1ccc(NC(=O)N2CCS[C@H]2c2ccc(Cl)cc2)cc1. The zero-order chi connectivity index (χ0) is 16.2. The average molecular weight is 349 g/mol. The van der Waals surface area contributed by atoms with E-state index in [2.05, 4.69) is 5.32 Å². The van der Waals surface area contributed by atoms with Gasteiger partial charge in [0, 0.05) is 23.0 Å². The number of hydrogen-bond acceptors (Lipinski definition) is 3. The Hall–Kier alpha value is -1.85. The number of urea groups is 1. The van der Waals surface area contributed by atoms with Crippen LogP contribution in [0.25, 0.3) is 0 Å². The number of rotatable bonds is 3. The molecule has 0 aliphatic carbocycles. The average Bonchev–Trinajstić information content (AvgIpc) is 3.06. The Morgan fingerprint density at radius 2 is 1.91 bits per heavy atom. The fourth-order valence-corrected chi connectivity index (χ4v) is 3.83. The first kappa shape index (κ1) is 16.0. The number of thioether (sulfide) groups is 1. The molecule has 23 heavy (non-hydrogen) atoms. The molecular weight excluding hydrogens is 332 g/mol. The van der Waals surface area contributed by atoms with Crippen LogP contribution in [-0.2, 0) is 0 Å². The minimum Gasteiger partial charge on any atom is -0.497 e. The summed E-state index contributed by atoms with van der Waals surface area (Å²) in [5.41, 5.74) is 1.84. The summed E-state index contributed by atoms with van der Waals surface area (Å²) in [6.45, 7) is 0.722. The lowest BCUT2D eigenvalue weighted by atomic mass is 10.2. The molecule has 1 atom stereocenters. The van der Waals surface area contributed by atoms with E-state index >= 15 is 0 Å². The quantitative estimate of drug-likeness (QED) is 0.879. The molecule has 0 unspecified atom stereocenters. The van der Waals surface area contributed by atoms with Crippen molar-refractivity contribution < 1.29 is 9.53 Å². The molecule has 0 aromatic heterocycles. The van der Waals surface area contributed by atoms with Gasteiger partial charge in [0.2, 0.25) is 0 Å². The van der Waals surface area contributed by atoms with E-state index in [1.54, 1.807) is 18.9 Å². The molecule has 2 amide bonds. The van der Waals surface area contributed by atoms with Crippen molar-refractivity contribution in [2.45, 2.75) is 5.37 Å². The molecule has 0 bridgehead atoms. The lowest BCUT2D eigenvalue weighted by molar-refractivity contribution is 0.214. The van der Waals surface area contributed by atoms with Crippen molar-refractivity contribution in [1.82, 2.24) is 4.90 Å². The normalized spacial score (nSPS) is 17.1. The molecule has 0 spiro atoms. The number of hydrogen-bond donors (Lipinski definition) is 1. The van der Waals surface area contributed by atoms with Gasteiger partial charge in [0.25, 0.3) is 0 Å². The zero-order valence-electron chi connectivity index (χ0n) is 12.7. The number of carbonyl (C=O) groups excluding carboxylic acids is 1. The molecule has 1 aliphatic heterocycles. The van der Waals surface area contributed by atoms with Crippen molar-refractivity contribution in [3.8, 4) is 5.75 Å². The number of nitrogens with one attached hydrogen (secondary N) is 1. The van der Waals surface area contributed by atoms with Crippen molar-refractivity contribution in [3.05, 3.63) is 59.1 Å². The molecule has 1 N–H and O–H groups in total. The number of amides is 2. The summed E-state index contributed by atoms with van der Waals surface area (Å²) in [6.07, 6.45) is 0. The summed E-state index contributed by atoms with van der Waals surface area (Å²) >= 11 is 7.70. The second-order valence-corrected chi connectivity index (χ2v) is 6.75. The van der Waals surface area contributed by atoms with E-state index in [0.29, 0.717) is 5.02 Å². The molecular formula is C17H17ClN2O2S. The van der Waals surface area contributed by atoms with Gasteiger partial charge in [0.05, 0.1) is 7.11 Å². The molecule has 2 aromatic carbocycles. The fraction of sp³-hybridized carbons (Fsp3) is 0.235. The summed E-state index contributed by atoms with van der Waals surface area (Å²) in [6, 6.07) is 14.9. The van der Waals surface area contributed by atoms with E-state index in [4.69, 9.17) is 16.3 Å². The second kappa shape index (κ2) is 7.15. The van der Waals surface area contributed by atoms with Crippen molar-refractivity contribution in [1.29, 1.82) is 0 Å². The van der Waals surface area contributed by atoms with Crippen LogP contribution >= 0.6 is 23.4 Å². The van der Waals surface area contributed by atoms with E-state index in [9.17, 15) is 4.79 Å². The summed E-state index contributed by atoms with van der Waals surface area (Å²) in [5.74, 6) is 1.68. The first-order valence-electron chi connectivity index (χ1n) is 7.26. The van der Waals surface area contributed by atoms with Gasteiger partial charge in [-0.15, -0.1) is 11.8 Å². The first-order chi connectivity index (χ1) is 11.2. The number of ether oxygens (including phenoxy) is 1. The van der Waals surface area contributed by atoms with E-state index in [1.165, 1.54) is 0 Å². The summed E-state index contributed by atoms with van der Waals surface area (Å²) in [4.78, 5) is 14.4. The number of anilines is 1. The Kier molecular flexibility index (Phi) is 4.98. The number of methoxy groups -OCH3 is 1. The minimum absolute atomic E-state index is 0.0190. The highest BCUT2D eigenvalue weighted by Crippen LogP contribution is 2.38. The smallest absolute Gasteiger partial charge is 0.323 e. The lowest BCUT2D eigenvalue weighted by Gasteiger charge is -2.24. The fourth-order valence-electron chi connectivity index (χ4n) is 2.45. The molecule has 1 fully saturated rings. The van der Waals surface area contributed by atoms with Crippen LogP contribution in [0, 0.1) is 0 Å². The maximum atomic E-state index is 12.6. The maximum Gasteiger partial charge on any atom is 0.323 e. The minimum atomic E-state index is -0.0971. The van der Waals surface area contributed by atoms with Gasteiger partial charge in [0.15, 0.2) is 0 Å². The van der Waals surface area contributed by atoms with Crippen LogP contribution in [0.5, 0.6) is 5.75 Å². The number of carbonyl (C=O) groups is 1. The highest BCUT2D eigenvalue weighted by molar-refractivity contribution is 7.99. The van der Waals surface area contributed by atoms with Gasteiger partial charge in [-0.1, -0.05) is 23.7 Å². The van der Waals surface area contributed by atoms with Crippen LogP contribution in [-0.4, -0.2) is 30.3 Å². The Morgan fingerprint density at radius 1 is 1.22 bits per heavy atom. The zero-order valence-corrected chi connectivity index (χ0v) is 14.2. The highest BCUT2D eigenvalue weighted by atomic mass is 35.5. The molecule has 2 aromatic rings. The Balaban J connectivity index is 1.71. The molecule has 1 saturated heterocycles. The van der Waals surface area contributed by atoms with E-state index in [-0.39, 0.29) is 11.4 Å². The predicted molar refractivity (Wildman–Crippen MR) is 95.4 cm³/mol. The van der Waals surface area contributed by atoms with Crippen LogP contribution in [0.1, 0.15) is 10.9 Å². The maximum absolute atomic E-state index is 12.6. The van der Waals surface area contributed by atoms with Crippen molar-refractivity contribution >= 4 is 35.1 Å². The molecule has 0 radical (unpaired) electrons. The van der Waals surface area contributed by atoms with Gasteiger partial charge >= 0.3 is 6.03 Å². The van der Waals surface area contributed by atoms with Crippen LogP contribution in [0.4, 0.5) is 10.5 Å². The molecule has 6 heteroatoms. The molecule has 0 saturated carbocycles. The molecule has 1 aliphatic rings. The lowest BCUT2D eigenvalue weighted by Crippen LogP contribution is -2.34. The third-order valence-corrected chi connectivity index (χ3v) is 5.16. The topological polar surface area (TPSA) is 41.6 Å². The first-order valence-corrected chi connectivity index (χ1v) is 8.69. The van der Waals surface area contributed by atoms with E-state index < -0.39 is 0 Å². The summed E-state index contributed by atoms with van der Waals surface area (Å²) in [5, 5.41) is 3.66. The van der Waals surface area contributed by atoms with Crippen LogP contribution in [0.2, 0.25) is 5.02 Å². The standard InChI is InChI=1S/C17H17ClN2O2S/c1-22-15-8-6-14(7-9-15)19-17(21)20-10-11-23-16(20)12-2-4-13(18)5-3-12/h2-9,16H,10-11H2,1H3,(H,19,21)/t16-/m0/s1. The third-order valence-electron chi connectivity index (χ3n) is 3.65. The number of nitrogens with zero attached hydrogens (tertiary/aromatic N) is 1. The molecule has 1 heterocycles. The Labute approximate surface area is 144 Å². The molecule has 120 valence electrons. The summed E-state index contributed by atoms with van der Waals surface area (Å²) < 4.78 is 5.12. The third kappa shape index (κ3) is 3.74. The van der Waals surface area contributed by atoms with Gasteiger partial charge in [-0.3, -0.25) is 0 Å². The molecule has 4 nitrogen and oxygen atoms in total. The molecule has 3 rings (SSSR count). The van der Waals surface area contributed by atoms with Gasteiger partial charge < -0.3 is 15.0 Å². The van der Waals surface area contributed by atoms with Crippen LogP contribution < -0.4 is 10.1 Å². The van der Waals surface area contributed by atoms with Crippen LogP contribution in [0.3, 0.4) is 0 Å². The van der Waals surface area contributed by atoms with Crippen LogP contribution in [0.15, 0.2) is 48.5 Å². The number of benzene rings is 2. The van der Waals surface area contributed by atoms with Crippen molar-refractivity contribution in [3.63, 3.8) is 0 Å². The van der Waals surface area contributed by atoms with Gasteiger partial charge in [-0.2, -0.15) is 0 Å². The highest BCUT2D eigenvalue weighted by Gasteiger charge is 2.30. The Bertz CT molecular complexity index is 676. The monoisotopic (exact) mass is 348 g/mol. The van der Waals surface area contributed by atoms with Gasteiger partial charge in [0.1, 0.15) is 11.1 Å². The summed E-state index contributed by atoms with van der Waals surface area (Å²) in [7, 11) is 1.62. The predicted octanol–water partition coefficient (Wildman–Crippen LogP) is 4.63. The largest absolute Gasteiger partial charge is 0.497 e. The second-order valence-electron chi connectivity index (χ2n) is 5.13. The van der Waals surface area contributed by atoms with Gasteiger partial charge in [-0.25, -0.2) is 4.79 Å². The van der Waals surface area contributed by atoms with E-state index in [1.807, 2.05) is 53.4 Å². The van der Waals surface area contributed by atoms with E-state index in [0.717, 1.165) is 29.3 Å². The van der Waals surface area contributed by atoms with Crippen molar-refractivity contribution in [2.24, 2.45) is 0 Å². The van der Waals surface area contributed by atoms with Crippen molar-refractivity contribution in [2.75, 3.05) is 24.7 Å². The Morgan fingerprint density at radius 3 is 2.57 bits per heavy atom.